The number of ether oxygens (including phenoxy) is 2. The second-order valence-corrected chi connectivity index (χ2v) is 3.89. The Morgan fingerprint density at radius 1 is 1.33 bits per heavy atom. The van der Waals surface area contributed by atoms with Crippen molar-refractivity contribution in [2.75, 3.05) is 7.11 Å². The molecule has 0 spiro atoms. The van der Waals surface area contributed by atoms with Gasteiger partial charge in [-0.2, -0.15) is 13.2 Å². The van der Waals surface area contributed by atoms with Crippen LogP contribution in [0.1, 0.15) is 12.5 Å². The van der Waals surface area contributed by atoms with Gasteiger partial charge in [-0.05, 0) is 25.1 Å². The molecule has 7 heteroatoms. The number of hydrogen-bond donors (Lipinski definition) is 0. The summed E-state index contributed by atoms with van der Waals surface area (Å²) >= 11 is 5.56. The van der Waals surface area contributed by atoms with E-state index in [0.29, 0.717) is 0 Å². The molecular formula is C11H10ClF3O3. The maximum absolute atomic E-state index is 12.5. The van der Waals surface area contributed by atoms with Crippen LogP contribution in [0.4, 0.5) is 13.2 Å². The van der Waals surface area contributed by atoms with E-state index in [9.17, 15) is 18.0 Å². The molecule has 0 aliphatic rings. The largest absolute Gasteiger partial charge is 0.479 e. The van der Waals surface area contributed by atoms with Gasteiger partial charge in [0.05, 0.1) is 12.7 Å². The third-order valence-corrected chi connectivity index (χ3v) is 2.26. The maximum atomic E-state index is 12.5. The number of carbonyl (C=O) groups excluding carboxylic acids is 1. The molecule has 0 heterocycles. The molecule has 1 aromatic rings. The normalized spacial score (nSPS) is 13.0. The summed E-state index contributed by atoms with van der Waals surface area (Å²) in [6, 6.07) is 2.73. The summed E-state index contributed by atoms with van der Waals surface area (Å²) in [5.74, 6) is -0.837. The van der Waals surface area contributed by atoms with Crippen LogP contribution < -0.4 is 4.74 Å². The summed E-state index contributed by atoms with van der Waals surface area (Å²) in [7, 11) is 1.15. The molecule has 0 amide bonds. The van der Waals surface area contributed by atoms with Crippen molar-refractivity contribution in [3.63, 3.8) is 0 Å². The Bertz CT molecular complexity index is 446. The Morgan fingerprint density at radius 2 is 1.94 bits per heavy atom. The Kier molecular flexibility index (Phi) is 4.45. The van der Waals surface area contributed by atoms with Crippen molar-refractivity contribution in [1.29, 1.82) is 0 Å². The summed E-state index contributed by atoms with van der Waals surface area (Å²) in [5, 5.41) is -0.128. The number of carbonyl (C=O) groups is 1. The van der Waals surface area contributed by atoms with E-state index >= 15 is 0 Å². The van der Waals surface area contributed by atoms with Crippen LogP contribution in [0.25, 0.3) is 0 Å². The molecule has 0 aromatic heterocycles. The van der Waals surface area contributed by atoms with Crippen LogP contribution in [0.15, 0.2) is 18.2 Å². The molecule has 1 rings (SSSR count). The molecule has 0 unspecified atom stereocenters. The van der Waals surface area contributed by atoms with Crippen LogP contribution in [0.2, 0.25) is 5.02 Å². The first-order valence-electron chi connectivity index (χ1n) is 4.86. The fraction of sp³-hybridized carbons (Fsp3) is 0.364. The van der Waals surface area contributed by atoms with Crippen LogP contribution in [-0.2, 0) is 15.7 Å². The zero-order valence-corrected chi connectivity index (χ0v) is 10.3. The van der Waals surface area contributed by atoms with Crippen molar-refractivity contribution in [3.05, 3.63) is 28.8 Å². The number of esters is 1. The highest BCUT2D eigenvalue weighted by Crippen LogP contribution is 2.34. The lowest BCUT2D eigenvalue weighted by Crippen LogP contribution is -2.25. The van der Waals surface area contributed by atoms with E-state index in [1.807, 2.05) is 0 Å². The van der Waals surface area contributed by atoms with Gasteiger partial charge < -0.3 is 9.47 Å². The molecule has 18 heavy (non-hydrogen) atoms. The topological polar surface area (TPSA) is 35.5 Å². The Morgan fingerprint density at radius 3 is 2.44 bits per heavy atom. The Hall–Kier alpha value is -1.43. The highest BCUT2D eigenvalue weighted by molar-refractivity contribution is 6.30. The third-order valence-electron chi connectivity index (χ3n) is 2.04. The van der Waals surface area contributed by atoms with E-state index < -0.39 is 23.8 Å². The van der Waals surface area contributed by atoms with E-state index in [0.717, 1.165) is 19.2 Å². The molecule has 0 bridgehead atoms. The molecule has 0 aliphatic carbocycles. The molecule has 0 aliphatic heterocycles. The molecule has 0 fully saturated rings. The average Bonchev–Trinajstić information content (AvgIpc) is 2.25. The van der Waals surface area contributed by atoms with Gasteiger partial charge in [0.25, 0.3) is 0 Å². The van der Waals surface area contributed by atoms with Crippen molar-refractivity contribution >= 4 is 17.6 Å². The standard InChI is InChI=1S/C11H10ClF3O3/c1-6(10(16)17-2)18-9-4-7(11(13,14)15)3-8(12)5-9/h3-6H,1-2H3/t6-/m1/s1. The highest BCUT2D eigenvalue weighted by atomic mass is 35.5. The molecule has 0 radical (unpaired) electrons. The molecular weight excluding hydrogens is 273 g/mol. The first-order valence-corrected chi connectivity index (χ1v) is 5.24. The predicted molar refractivity (Wildman–Crippen MR) is 58.6 cm³/mol. The lowest BCUT2D eigenvalue weighted by Gasteiger charge is -2.14. The molecule has 3 nitrogen and oxygen atoms in total. The number of hydrogen-bond acceptors (Lipinski definition) is 3. The van der Waals surface area contributed by atoms with Gasteiger partial charge in [-0.25, -0.2) is 4.79 Å². The summed E-state index contributed by atoms with van der Waals surface area (Å²) in [4.78, 5) is 11.1. The van der Waals surface area contributed by atoms with Crippen molar-refractivity contribution in [3.8, 4) is 5.75 Å². The first kappa shape index (κ1) is 14.6. The third kappa shape index (κ3) is 3.80. The average molecular weight is 283 g/mol. The number of methoxy groups -OCH3 is 1. The van der Waals surface area contributed by atoms with Gasteiger partial charge in [-0.3, -0.25) is 0 Å². The van der Waals surface area contributed by atoms with Crippen LogP contribution in [0.3, 0.4) is 0 Å². The van der Waals surface area contributed by atoms with Crippen molar-refractivity contribution in [2.45, 2.75) is 19.2 Å². The number of rotatable bonds is 3. The highest BCUT2D eigenvalue weighted by Gasteiger charge is 2.31. The SMILES string of the molecule is COC(=O)[C@@H](C)Oc1cc(Cl)cc(C(F)(F)F)c1. The molecule has 0 saturated carbocycles. The minimum atomic E-state index is -4.53. The monoisotopic (exact) mass is 282 g/mol. The van der Waals surface area contributed by atoms with Gasteiger partial charge in [-0.1, -0.05) is 11.6 Å². The fourth-order valence-electron chi connectivity index (χ4n) is 1.21. The second kappa shape index (κ2) is 5.48. The molecule has 1 atom stereocenters. The Balaban J connectivity index is 2.97. The summed E-state index contributed by atoms with van der Waals surface area (Å²) in [6.45, 7) is 1.36. The van der Waals surface area contributed by atoms with Gasteiger partial charge in [-0.15, -0.1) is 0 Å². The number of alkyl halides is 3. The summed E-state index contributed by atoms with van der Waals surface area (Å²) in [6.07, 6.45) is -5.55. The van der Waals surface area contributed by atoms with E-state index in [2.05, 4.69) is 4.74 Å². The maximum Gasteiger partial charge on any atom is 0.416 e. The minimum Gasteiger partial charge on any atom is -0.479 e. The van der Waals surface area contributed by atoms with Crippen LogP contribution in [0.5, 0.6) is 5.75 Å². The van der Waals surface area contributed by atoms with E-state index in [1.54, 1.807) is 0 Å². The van der Waals surface area contributed by atoms with E-state index in [-0.39, 0.29) is 10.8 Å². The van der Waals surface area contributed by atoms with Gasteiger partial charge in [0.15, 0.2) is 6.10 Å². The zero-order valence-electron chi connectivity index (χ0n) is 9.55. The second-order valence-electron chi connectivity index (χ2n) is 3.46. The summed E-state index contributed by atoms with van der Waals surface area (Å²) in [5.41, 5.74) is -0.943. The molecule has 100 valence electrons. The van der Waals surface area contributed by atoms with Gasteiger partial charge in [0, 0.05) is 5.02 Å². The predicted octanol–water partition coefficient (Wildman–Crippen LogP) is 3.30. The summed E-state index contributed by atoms with van der Waals surface area (Å²) < 4.78 is 46.9. The molecule has 0 saturated heterocycles. The fourth-order valence-corrected chi connectivity index (χ4v) is 1.44. The smallest absolute Gasteiger partial charge is 0.416 e. The van der Waals surface area contributed by atoms with Crippen molar-refractivity contribution < 1.29 is 27.4 Å². The van der Waals surface area contributed by atoms with E-state index in [1.165, 1.54) is 13.0 Å². The van der Waals surface area contributed by atoms with Crippen molar-refractivity contribution in [1.82, 2.24) is 0 Å². The van der Waals surface area contributed by atoms with Crippen LogP contribution >= 0.6 is 11.6 Å². The lowest BCUT2D eigenvalue weighted by atomic mass is 10.2. The zero-order chi connectivity index (χ0) is 13.9. The Labute approximate surface area is 106 Å². The first-order chi connectivity index (χ1) is 8.24. The van der Waals surface area contributed by atoms with Gasteiger partial charge in [0.2, 0.25) is 0 Å². The molecule has 0 N–H and O–H groups in total. The van der Waals surface area contributed by atoms with Crippen molar-refractivity contribution in [2.24, 2.45) is 0 Å². The van der Waals surface area contributed by atoms with Crippen LogP contribution in [-0.4, -0.2) is 19.2 Å². The van der Waals surface area contributed by atoms with Crippen LogP contribution in [0, 0.1) is 0 Å². The number of benzene rings is 1. The van der Waals surface area contributed by atoms with E-state index in [4.69, 9.17) is 16.3 Å². The molecule has 1 aromatic carbocycles. The van der Waals surface area contributed by atoms with Gasteiger partial charge >= 0.3 is 12.1 Å². The number of halogens is 4. The lowest BCUT2D eigenvalue weighted by molar-refractivity contribution is -0.147. The van der Waals surface area contributed by atoms with Gasteiger partial charge in [0.1, 0.15) is 5.75 Å². The minimum absolute atomic E-state index is 0.128. The quantitative estimate of drug-likeness (QED) is 0.798.